The number of aryl methyl sites for hydroxylation is 1. The molecule has 0 saturated heterocycles. The lowest BCUT2D eigenvalue weighted by Crippen LogP contribution is -2.25. The molecule has 0 spiro atoms. The first-order valence-electron chi connectivity index (χ1n) is 4.74. The van der Waals surface area contributed by atoms with Gasteiger partial charge in [0.2, 0.25) is 0 Å². The van der Waals surface area contributed by atoms with E-state index in [1.54, 1.807) is 0 Å². The van der Waals surface area contributed by atoms with E-state index in [1.165, 1.54) is 21.1 Å². The summed E-state index contributed by atoms with van der Waals surface area (Å²) in [5.41, 5.74) is -0.781. The topological polar surface area (TPSA) is 98.3 Å². The molecule has 1 aromatic heterocycles. The van der Waals surface area contributed by atoms with Gasteiger partial charge in [-0.2, -0.15) is 0 Å². The summed E-state index contributed by atoms with van der Waals surface area (Å²) < 4.78 is 8.93. The number of aromatic nitrogens is 2. The van der Waals surface area contributed by atoms with Crippen LogP contribution in [0.3, 0.4) is 0 Å². The molecule has 0 saturated carbocycles. The van der Waals surface area contributed by atoms with Crippen LogP contribution in [0.2, 0.25) is 0 Å². The molecule has 1 N–H and O–H groups in total. The third kappa shape index (κ3) is 2.90. The molecule has 7 heteroatoms. The van der Waals surface area contributed by atoms with Crippen LogP contribution in [-0.2, 0) is 20.7 Å². The highest BCUT2D eigenvalue weighted by Crippen LogP contribution is 2.04. The van der Waals surface area contributed by atoms with E-state index in [2.05, 4.69) is 19.4 Å². The summed E-state index contributed by atoms with van der Waals surface area (Å²) in [4.78, 5) is 40.4. The monoisotopic (exact) mass is 240 g/mol. The Labute approximate surface area is 96.8 Å². The zero-order valence-electron chi connectivity index (χ0n) is 9.70. The number of hydrogen-bond donors (Lipinski definition) is 1. The lowest BCUT2D eigenvalue weighted by Gasteiger charge is -2.06. The molecule has 0 radical (unpaired) electrons. The highest BCUT2D eigenvalue weighted by atomic mass is 16.5. The molecular weight excluding hydrogens is 228 g/mol. The normalized spacial score (nSPS) is 9.82. The van der Waals surface area contributed by atoms with Crippen molar-refractivity contribution in [1.82, 2.24) is 9.97 Å². The van der Waals surface area contributed by atoms with E-state index in [-0.39, 0.29) is 23.5 Å². The first-order chi connectivity index (χ1) is 7.99. The number of ether oxygens (including phenoxy) is 2. The van der Waals surface area contributed by atoms with Gasteiger partial charge in [0.25, 0.3) is 5.56 Å². The molecule has 0 atom stereocenters. The summed E-state index contributed by atoms with van der Waals surface area (Å²) in [5.74, 6) is -1.13. The summed E-state index contributed by atoms with van der Waals surface area (Å²) >= 11 is 0. The second-order valence-corrected chi connectivity index (χ2v) is 3.22. The van der Waals surface area contributed by atoms with E-state index in [1.807, 2.05) is 0 Å². The van der Waals surface area contributed by atoms with Crippen LogP contribution in [0.1, 0.15) is 21.9 Å². The number of H-pyrrole nitrogens is 1. The van der Waals surface area contributed by atoms with E-state index >= 15 is 0 Å². The molecule has 17 heavy (non-hydrogen) atoms. The molecule has 0 aliphatic carbocycles. The molecule has 0 fully saturated rings. The van der Waals surface area contributed by atoms with Gasteiger partial charge < -0.3 is 14.5 Å². The highest BCUT2D eigenvalue weighted by Gasteiger charge is 2.20. The third-order valence-electron chi connectivity index (χ3n) is 2.06. The Bertz CT molecular complexity index is 506. The number of aromatic amines is 1. The molecule has 0 aliphatic rings. The predicted molar refractivity (Wildman–Crippen MR) is 56.7 cm³/mol. The van der Waals surface area contributed by atoms with Crippen LogP contribution in [0.5, 0.6) is 0 Å². The summed E-state index contributed by atoms with van der Waals surface area (Å²) in [6.45, 7) is 1.52. The number of rotatable bonds is 3. The van der Waals surface area contributed by atoms with Crippen LogP contribution in [0.25, 0.3) is 0 Å². The van der Waals surface area contributed by atoms with Crippen molar-refractivity contribution in [2.45, 2.75) is 13.3 Å². The second-order valence-electron chi connectivity index (χ2n) is 3.22. The van der Waals surface area contributed by atoms with Crippen molar-refractivity contribution < 1.29 is 19.1 Å². The Balaban J connectivity index is 3.30. The molecule has 0 amide bonds. The van der Waals surface area contributed by atoms with Gasteiger partial charge in [0.05, 0.1) is 26.2 Å². The van der Waals surface area contributed by atoms with Crippen LogP contribution in [-0.4, -0.2) is 36.1 Å². The van der Waals surface area contributed by atoms with Gasteiger partial charge in [-0.25, -0.2) is 9.78 Å². The number of methoxy groups -OCH3 is 2. The van der Waals surface area contributed by atoms with Crippen molar-refractivity contribution in [3.8, 4) is 0 Å². The van der Waals surface area contributed by atoms with Gasteiger partial charge in [0, 0.05) is 0 Å². The summed E-state index contributed by atoms with van der Waals surface area (Å²) in [6, 6.07) is 0. The Morgan fingerprint density at radius 1 is 1.29 bits per heavy atom. The van der Waals surface area contributed by atoms with Crippen LogP contribution in [0, 0.1) is 6.92 Å². The van der Waals surface area contributed by atoms with E-state index in [0.717, 1.165) is 0 Å². The van der Waals surface area contributed by atoms with E-state index < -0.39 is 17.5 Å². The lowest BCUT2D eigenvalue weighted by molar-refractivity contribution is -0.139. The van der Waals surface area contributed by atoms with Gasteiger partial charge >= 0.3 is 11.9 Å². The van der Waals surface area contributed by atoms with Crippen LogP contribution in [0.15, 0.2) is 4.79 Å². The Hall–Kier alpha value is -2.18. The SMILES string of the molecule is COC(=O)Cc1c(C(=O)OC)nc(C)[nH]c1=O. The minimum atomic E-state index is -0.766. The lowest BCUT2D eigenvalue weighted by atomic mass is 10.1. The van der Waals surface area contributed by atoms with Crippen molar-refractivity contribution in [2.24, 2.45) is 0 Å². The van der Waals surface area contributed by atoms with Gasteiger partial charge in [0.1, 0.15) is 5.82 Å². The fourth-order valence-corrected chi connectivity index (χ4v) is 1.26. The van der Waals surface area contributed by atoms with E-state index in [9.17, 15) is 14.4 Å². The standard InChI is InChI=1S/C10H12N2O5/c1-5-11-8(10(15)17-3)6(9(14)12-5)4-7(13)16-2/h4H2,1-3H3,(H,11,12,14). The van der Waals surface area contributed by atoms with Crippen molar-refractivity contribution >= 4 is 11.9 Å². The van der Waals surface area contributed by atoms with Crippen LogP contribution < -0.4 is 5.56 Å². The fraction of sp³-hybridized carbons (Fsp3) is 0.400. The van der Waals surface area contributed by atoms with Gasteiger partial charge in [-0.05, 0) is 6.92 Å². The van der Waals surface area contributed by atoms with Crippen molar-refractivity contribution in [2.75, 3.05) is 14.2 Å². The predicted octanol–water partition coefficient (Wildman–Crippen LogP) is -0.420. The summed E-state index contributed by atoms with van der Waals surface area (Å²) in [5, 5.41) is 0. The number of esters is 2. The van der Waals surface area contributed by atoms with Crippen LogP contribution >= 0.6 is 0 Å². The van der Waals surface area contributed by atoms with Gasteiger partial charge in [0.15, 0.2) is 5.69 Å². The maximum atomic E-state index is 11.6. The molecule has 0 aliphatic heterocycles. The summed E-state index contributed by atoms with van der Waals surface area (Å²) in [6.07, 6.45) is -0.330. The molecule has 0 bridgehead atoms. The third-order valence-corrected chi connectivity index (χ3v) is 2.06. The first kappa shape index (κ1) is 12.9. The maximum Gasteiger partial charge on any atom is 0.357 e. The van der Waals surface area contributed by atoms with Crippen LogP contribution in [0.4, 0.5) is 0 Å². The molecule has 92 valence electrons. The average Bonchev–Trinajstić information content (AvgIpc) is 2.30. The second kappa shape index (κ2) is 5.24. The molecule has 7 nitrogen and oxygen atoms in total. The van der Waals surface area contributed by atoms with Crippen molar-refractivity contribution in [1.29, 1.82) is 0 Å². The van der Waals surface area contributed by atoms with Gasteiger partial charge in [-0.15, -0.1) is 0 Å². The Kier molecular flexibility index (Phi) is 3.97. The average molecular weight is 240 g/mol. The number of nitrogens with zero attached hydrogens (tertiary/aromatic N) is 1. The molecular formula is C10H12N2O5. The minimum Gasteiger partial charge on any atom is -0.469 e. The van der Waals surface area contributed by atoms with Crippen molar-refractivity contribution in [3.63, 3.8) is 0 Å². The molecule has 1 rings (SSSR count). The molecule has 1 heterocycles. The molecule has 1 aromatic rings. The molecule has 0 aromatic carbocycles. The number of hydrogen-bond acceptors (Lipinski definition) is 6. The number of carbonyl (C=O) groups excluding carboxylic acids is 2. The van der Waals surface area contributed by atoms with E-state index in [0.29, 0.717) is 0 Å². The molecule has 0 unspecified atom stereocenters. The smallest absolute Gasteiger partial charge is 0.357 e. The zero-order chi connectivity index (χ0) is 13.0. The zero-order valence-corrected chi connectivity index (χ0v) is 9.70. The highest BCUT2D eigenvalue weighted by molar-refractivity contribution is 5.90. The minimum absolute atomic E-state index is 0.0608. The van der Waals surface area contributed by atoms with Gasteiger partial charge in [-0.3, -0.25) is 9.59 Å². The quantitative estimate of drug-likeness (QED) is 0.720. The number of nitrogens with one attached hydrogen (secondary N) is 1. The summed E-state index contributed by atoms with van der Waals surface area (Å²) in [7, 11) is 2.36. The fourth-order valence-electron chi connectivity index (χ4n) is 1.26. The van der Waals surface area contributed by atoms with Crippen molar-refractivity contribution in [3.05, 3.63) is 27.4 Å². The Morgan fingerprint density at radius 2 is 1.94 bits per heavy atom. The largest absolute Gasteiger partial charge is 0.469 e. The van der Waals surface area contributed by atoms with E-state index in [4.69, 9.17) is 0 Å². The first-order valence-corrected chi connectivity index (χ1v) is 4.74. The van der Waals surface area contributed by atoms with Gasteiger partial charge in [-0.1, -0.05) is 0 Å². The number of carbonyl (C=O) groups is 2. The maximum absolute atomic E-state index is 11.6. The Morgan fingerprint density at radius 3 is 2.47 bits per heavy atom.